The summed E-state index contributed by atoms with van der Waals surface area (Å²) in [5.41, 5.74) is 0.935. The minimum Gasteiger partial charge on any atom is -0.337 e. The average molecular weight is 335 g/mol. The number of hydrogen-bond donors (Lipinski definition) is 1. The lowest BCUT2D eigenvalue weighted by molar-refractivity contribution is 0.585. The molecule has 0 amide bonds. The Morgan fingerprint density at radius 2 is 1.91 bits per heavy atom. The molecule has 3 aromatic rings. The van der Waals surface area contributed by atoms with Gasteiger partial charge in [-0.3, -0.25) is 5.10 Å². The van der Waals surface area contributed by atoms with E-state index in [0.29, 0.717) is 24.9 Å². The molecule has 1 fully saturated rings. The molecule has 3 heterocycles. The highest BCUT2D eigenvalue weighted by Crippen LogP contribution is 2.28. The van der Waals surface area contributed by atoms with E-state index in [-0.39, 0.29) is 11.5 Å². The molecular weight excluding hydrogens is 322 g/mol. The zero-order valence-electron chi connectivity index (χ0n) is 11.6. The smallest absolute Gasteiger partial charge is 0.245 e. The van der Waals surface area contributed by atoms with Crippen molar-refractivity contribution in [3.63, 3.8) is 0 Å². The third-order valence-electron chi connectivity index (χ3n) is 3.60. The molecule has 1 aromatic carbocycles. The molecule has 0 unspecified atom stereocenters. The van der Waals surface area contributed by atoms with Gasteiger partial charge in [0.25, 0.3) is 0 Å². The van der Waals surface area contributed by atoms with Gasteiger partial charge in [0.2, 0.25) is 5.95 Å². The van der Waals surface area contributed by atoms with E-state index in [2.05, 4.69) is 20.2 Å². The van der Waals surface area contributed by atoms with E-state index >= 15 is 0 Å². The highest BCUT2D eigenvalue weighted by atomic mass is 32.2. The third kappa shape index (κ3) is 2.46. The van der Waals surface area contributed by atoms with Crippen molar-refractivity contribution in [2.24, 2.45) is 0 Å². The molecule has 4 rings (SSSR count). The highest BCUT2D eigenvalue weighted by Gasteiger charge is 2.24. The molecule has 1 N–H and O–H groups in total. The number of rotatable bonds is 2. The average Bonchev–Trinajstić information content (AvgIpc) is 3.13. The van der Waals surface area contributed by atoms with Crippen molar-refractivity contribution in [2.45, 2.75) is 0 Å². The van der Waals surface area contributed by atoms with Crippen LogP contribution < -0.4 is 4.90 Å². The zero-order valence-corrected chi connectivity index (χ0v) is 13.2. The molecule has 0 saturated carbocycles. The van der Waals surface area contributed by atoms with Crippen LogP contribution in [0, 0.1) is 0 Å². The first kappa shape index (κ1) is 13.6. The van der Waals surface area contributed by atoms with E-state index in [4.69, 9.17) is 0 Å². The fraction of sp³-hybridized carbons (Fsp3) is 0.308. The van der Waals surface area contributed by atoms with Crippen LogP contribution in [0.3, 0.4) is 0 Å². The maximum atomic E-state index is 11.5. The van der Waals surface area contributed by atoms with Gasteiger partial charge in [0, 0.05) is 13.1 Å². The van der Waals surface area contributed by atoms with Crippen LogP contribution in [0.4, 0.5) is 5.95 Å². The van der Waals surface area contributed by atoms with Crippen LogP contribution in [0.15, 0.2) is 24.3 Å². The molecule has 22 heavy (non-hydrogen) atoms. The van der Waals surface area contributed by atoms with Crippen molar-refractivity contribution >= 4 is 37.3 Å². The van der Waals surface area contributed by atoms with Crippen LogP contribution in [0.25, 0.3) is 21.0 Å². The Morgan fingerprint density at radius 1 is 1.14 bits per heavy atom. The molecule has 9 heteroatoms. The van der Waals surface area contributed by atoms with Crippen LogP contribution in [-0.2, 0) is 9.84 Å². The third-order valence-corrected chi connectivity index (χ3v) is 6.25. The van der Waals surface area contributed by atoms with Gasteiger partial charge in [-0.05, 0) is 12.1 Å². The van der Waals surface area contributed by atoms with Crippen LogP contribution in [0.1, 0.15) is 0 Å². The van der Waals surface area contributed by atoms with Crippen molar-refractivity contribution in [2.75, 3.05) is 29.5 Å². The van der Waals surface area contributed by atoms with Gasteiger partial charge < -0.3 is 4.90 Å². The number of aromatic amines is 1. The van der Waals surface area contributed by atoms with E-state index in [1.54, 1.807) is 11.3 Å². The number of anilines is 1. The summed E-state index contributed by atoms with van der Waals surface area (Å²) in [6, 6.07) is 7.90. The molecule has 1 saturated heterocycles. The maximum absolute atomic E-state index is 11.5. The maximum Gasteiger partial charge on any atom is 0.245 e. The Bertz CT molecular complexity index is 884. The number of fused-ring (bicyclic) bond motifs is 1. The van der Waals surface area contributed by atoms with Crippen LogP contribution >= 0.6 is 11.3 Å². The first-order valence-electron chi connectivity index (χ1n) is 6.84. The molecule has 0 atom stereocenters. The fourth-order valence-electron chi connectivity index (χ4n) is 2.38. The van der Waals surface area contributed by atoms with Crippen molar-refractivity contribution in [1.29, 1.82) is 0 Å². The SMILES string of the molecule is O=S1(=O)CCN(c2n[nH]c(-c3nc4ccccc4s3)n2)CC1. The second-order valence-corrected chi connectivity index (χ2v) is 8.44. The van der Waals surface area contributed by atoms with Crippen molar-refractivity contribution in [1.82, 2.24) is 20.2 Å². The largest absolute Gasteiger partial charge is 0.337 e. The van der Waals surface area contributed by atoms with Crippen LogP contribution in [-0.4, -0.2) is 53.2 Å². The standard InChI is InChI=1S/C13H13N5O2S2/c19-22(20)7-5-18(6-8-22)13-15-11(16-17-13)12-14-9-3-1-2-4-10(9)21-12/h1-4H,5-8H2,(H,15,16,17). The van der Waals surface area contributed by atoms with E-state index in [1.807, 2.05) is 29.2 Å². The Labute approximate surface area is 130 Å². The Hall–Kier alpha value is -2.00. The lowest BCUT2D eigenvalue weighted by atomic mass is 10.3. The van der Waals surface area contributed by atoms with Gasteiger partial charge in [-0.15, -0.1) is 16.4 Å². The van der Waals surface area contributed by atoms with Gasteiger partial charge >= 0.3 is 0 Å². The Balaban J connectivity index is 1.61. The summed E-state index contributed by atoms with van der Waals surface area (Å²) in [5.74, 6) is 1.45. The number of hydrogen-bond acceptors (Lipinski definition) is 7. The minimum absolute atomic E-state index is 0.151. The number of sulfone groups is 1. The van der Waals surface area contributed by atoms with Crippen molar-refractivity contribution in [3.8, 4) is 10.8 Å². The monoisotopic (exact) mass is 335 g/mol. The van der Waals surface area contributed by atoms with Crippen molar-refractivity contribution < 1.29 is 8.42 Å². The number of aromatic nitrogens is 4. The summed E-state index contributed by atoms with van der Waals surface area (Å²) in [6.45, 7) is 0.860. The summed E-state index contributed by atoms with van der Waals surface area (Å²) >= 11 is 1.55. The first-order valence-corrected chi connectivity index (χ1v) is 9.48. The van der Waals surface area contributed by atoms with Gasteiger partial charge in [0.05, 0.1) is 21.7 Å². The number of para-hydroxylation sites is 1. The van der Waals surface area contributed by atoms with Gasteiger partial charge in [-0.1, -0.05) is 12.1 Å². The molecule has 1 aliphatic heterocycles. The van der Waals surface area contributed by atoms with Crippen LogP contribution in [0.2, 0.25) is 0 Å². The zero-order chi connectivity index (χ0) is 15.2. The van der Waals surface area contributed by atoms with E-state index in [1.165, 1.54) is 0 Å². The lowest BCUT2D eigenvalue weighted by Gasteiger charge is -2.25. The Morgan fingerprint density at radius 3 is 2.68 bits per heavy atom. The summed E-state index contributed by atoms with van der Waals surface area (Å²) in [6.07, 6.45) is 0. The second kappa shape index (κ2) is 5.03. The molecule has 0 aliphatic carbocycles. The highest BCUT2D eigenvalue weighted by molar-refractivity contribution is 7.91. The molecule has 0 spiro atoms. The Kier molecular flexibility index (Phi) is 3.12. The molecule has 1 aliphatic rings. The van der Waals surface area contributed by atoms with Gasteiger partial charge in [0.15, 0.2) is 20.7 Å². The molecule has 114 valence electrons. The van der Waals surface area contributed by atoms with Crippen molar-refractivity contribution in [3.05, 3.63) is 24.3 Å². The van der Waals surface area contributed by atoms with E-state index < -0.39 is 9.84 Å². The fourth-order valence-corrected chi connectivity index (χ4v) is 4.48. The predicted octanol–water partition coefficient (Wildman–Crippen LogP) is 1.32. The van der Waals surface area contributed by atoms with Crippen LogP contribution in [0.5, 0.6) is 0 Å². The number of nitrogens with one attached hydrogen (secondary N) is 1. The predicted molar refractivity (Wildman–Crippen MR) is 85.9 cm³/mol. The lowest BCUT2D eigenvalue weighted by Crippen LogP contribution is -2.40. The summed E-state index contributed by atoms with van der Waals surface area (Å²) in [5, 5.41) is 7.87. The summed E-state index contributed by atoms with van der Waals surface area (Å²) in [4.78, 5) is 10.9. The molecule has 2 aromatic heterocycles. The summed E-state index contributed by atoms with van der Waals surface area (Å²) in [7, 11) is -2.90. The number of H-pyrrole nitrogens is 1. The minimum atomic E-state index is -2.90. The van der Waals surface area contributed by atoms with Gasteiger partial charge in [-0.2, -0.15) is 4.98 Å². The second-order valence-electron chi connectivity index (χ2n) is 5.11. The van der Waals surface area contributed by atoms with E-state index in [0.717, 1.165) is 15.2 Å². The van der Waals surface area contributed by atoms with Gasteiger partial charge in [0.1, 0.15) is 0 Å². The topological polar surface area (TPSA) is 91.8 Å². The number of nitrogens with zero attached hydrogens (tertiary/aromatic N) is 4. The molecule has 0 radical (unpaired) electrons. The summed E-state index contributed by atoms with van der Waals surface area (Å²) < 4.78 is 24.0. The number of thiazole rings is 1. The normalized spacial score (nSPS) is 17.9. The molecular formula is C13H13N5O2S2. The first-order chi connectivity index (χ1) is 10.6. The quantitative estimate of drug-likeness (QED) is 0.759. The number of benzene rings is 1. The molecule has 7 nitrogen and oxygen atoms in total. The van der Waals surface area contributed by atoms with Gasteiger partial charge in [-0.25, -0.2) is 13.4 Å². The van der Waals surface area contributed by atoms with E-state index in [9.17, 15) is 8.42 Å². The molecule has 0 bridgehead atoms.